The molecule has 2 N–H and O–H groups in total. The number of rotatable bonds is 5. The maximum absolute atomic E-state index is 14.0. The van der Waals surface area contributed by atoms with Crippen LogP contribution in [0.5, 0.6) is 5.75 Å². The van der Waals surface area contributed by atoms with Crippen molar-refractivity contribution in [1.29, 1.82) is 0 Å². The van der Waals surface area contributed by atoms with Crippen molar-refractivity contribution in [2.75, 3.05) is 26.9 Å². The minimum atomic E-state index is -0.644. The van der Waals surface area contributed by atoms with Gasteiger partial charge in [-0.3, -0.25) is 9.59 Å². The summed E-state index contributed by atoms with van der Waals surface area (Å²) >= 11 is 0. The summed E-state index contributed by atoms with van der Waals surface area (Å²) in [5.74, 6) is 0.855. The molecule has 8 nitrogen and oxygen atoms in total. The Morgan fingerprint density at radius 3 is 2.55 bits per heavy atom. The maximum Gasteiger partial charge on any atom is 0.252 e. The molecule has 2 saturated heterocycles. The van der Waals surface area contributed by atoms with Gasteiger partial charge in [0.15, 0.2) is 5.82 Å². The van der Waals surface area contributed by atoms with E-state index in [1.165, 1.54) is 6.20 Å². The van der Waals surface area contributed by atoms with E-state index in [1.54, 1.807) is 14.0 Å². The third-order valence-electron chi connectivity index (χ3n) is 6.47. The monoisotopic (exact) mass is 424 g/mol. The quantitative estimate of drug-likeness (QED) is 0.789. The van der Waals surface area contributed by atoms with Crippen molar-refractivity contribution in [3.8, 4) is 5.75 Å². The Bertz CT molecular complexity index is 970. The summed E-state index contributed by atoms with van der Waals surface area (Å²) in [6.07, 6.45) is 4.39. The van der Waals surface area contributed by atoms with Crippen LogP contribution in [0.3, 0.4) is 0 Å². The zero-order valence-electron chi connectivity index (χ0n) is 18.0. The van der Waals surface area contributed by atoms with Crippen LogP contribution >= 0.6 is 0 Å². The normalized spacial score (nSPS) is 20.5. The Morgan fingerprint density at radius 1 is 1.23 bits per heavy atom. The molecule has 0 saturated carbocycles. The first-order valence-electron chi connectivity index (χ1n) is 10.6. The van der Waals surface area contributed by atoms with Crippen LogP contribution in [-0.2, 0) is 14.9 Å². The molecule has 2 aliphatic rings. The zero-order valence-corrected chi connectivity index (χ0v) is 18.0. The van der Waals surface area contributed by atoms with Crippen LogP contribution in [0.1, 0.15) is 59.2 Å². The van der Waals surface area contributed by atoms with Crippen LogP contribution in [0.2, 0.25) is 0 Å². The van der Waals surface area contributed by atoms with E-state index < -0.39 is 11.3 Å². The van der Waals surface area contributed by atoms with Gasteiger partial charge in [-0.1, -0.05) is 12.1 Å². The van der Waals surface area contributed by atoms with Gasteiger partial charge < -0.3 is 20.1 Å². The van der Waals surface area contributed by atoms with E-state index in [0.717, 1.165) is 24.2 Å². The molecule has 8 heteroatoms. The average Bonchev–Trinajstić information content (AvgIpc) is 3.28. The number of ether oxygens (including phenoxy) is 2. The second-order valence-corrected chi connectivity index (χ2v) is 8.17. The Hall–Kier alpha value is -3.00. The van der Waals surface area contributed by atoms with Crippen LogP contribution in [0.4, 0.5) is 0 Å². The first-order chi connectivity index (χ1) is 15.0. The van der Waals surface area contributed by atoms with Crippen molar-refractivity contribution in [3.05, 3.63) is 53.1 Å². The predicted octanol–water partition coefficient (Wildman–Crippen LogP) is 2.30. The molecule has 164 valence electrons. The summed E-state index contributed by atoms with van der Waals surface area (Å²) < 4.78 is 10.9. The van der Waals surface area contributed by atoms with Gasteiger partial charge >= 0.3 is 0 Å². The van der Waals surface area contributed by atoms with Gasteiger partial charge in [0.05, 0.1) is 29.8 Å². The first-order valence-corrected chi connectivity index (χ1v) is 10.6. The van der Waals surface area contributed by atoms with Gasteiger partial charge in [0.1, 0.15) is 5.75 Å². The fraction of sp³-hybridized carbons (Fsp3) is 0.478. The SMILES string of the molecule is COc1ccc(C2(C(=O)N3CCC[C@H]3c3ncc(C(N)=O)c(C)n3)CCOCC2)cc1. The first kappa shape index (κ1) is 21.2. The summed E-state index contributed by atoms with van der Waals surface area (Å²) in [4.78, 5) is 36.4. The Labute approximate surface area is 181 Å². The lowest BCUT2D eigenvalue weighted by atomic mass is 9.72. The van der Waals surface area contributed by atoms with Crippen LogP contribution in [-0.4, -0.2) is 53.6 Å². The average molecular weight is 425 g/mol. The molecule has 3 heterocycles. The molecule has 0 aliphatic carbocycles. The van der Waals surface area contributed by atoms with Crippen molar-refractivity contribution >= 4 is 11.8 Å². The minimum Gasteiger partial charge on any atom is -0.497 e. The van der Waals surface area contributed by atoms with E-state index in [9.17, 15) is 9.59 Å². The molecule has 0 bridgehead atoms. The standard InChI is InChI=1S/C23H28N4O4/c1-15-18(20(24)28)14-25-21(26-15)19-4-3-11-27(19)22(29)23(9-12-31-13-10-23)16-5-7-17(30-2)8-6-16/h5-8,14,19H,3-4,9-13H2,1-2H3,(H2,24,28)/t19-/m0/s1. The number of nitrogens with zero attached hydrogens (tertiary/aromatic N) is 3. The summed E-state index contributed by atoms with van der Waals surface area (Å²) in [6, 6.07) is 7.54. The lowest BCUT2D eigenvalue weighted by molar-refractivity contribution is -0.142. The molecule has 1 aromatic heterocycles. The van der Waals surface area contributed by atoms with Gasteiger partial charge in [-0.15, -0.1) is 0 Å². The third kappa shape index (κ3) is 3.87. The van der Waals surface area contributed by atoms with E-state index >= 15 is 0 Å². The Balaban J connectivity index is 1.67. The number of nitrogens with two attached hydrogens (primary N) is 1. The summed E-state index contributed by atoms with van der Waals surface area (Å²) in [6.45, 7) is 3.48. The van der Waals surface area contributed by atoms with Gasteiger partial charge in [0.25, 0.3) is 5.91 Å². The predicted molar refractivity (Wildman–Crippen MR) is 114 cm³/mol. The number of methoxy groups -OCH3 is 1. The lowest BCUT2D eigenvalue weighted by Crippen LogP contribution is -2.49. The van der Waals surface area contributed by atoms with E-state index in [4.69, 9.17) is 15.2 Å². The number of hydrogen-bond donors (Lipinski definition) is 1. The summed E-state index contributed by atoms with van der Waals surface area (Å²) in [5.41, 5.74) is 6.57. The summed E-state index contributed by atoms with van der Waals surface area (Å²) in [5, 5.41) is 0. The molecule has 0 unspecified atom stereocenters. The topological polar surface area (TPSA) is 108 Å². The van der Waals surface area contributed by atoms with Gasteiger partial charge in [0, 0.05) is 26.0 Å². The van der Waals surface area contributed by atoms with E-state index in [2.05, 4.69) is 9.97 Å². The molecule has 2 fully saturated rings. The van der Waals surface area contributed by atoms with E-state index in [0.29, 0.717) is 49.7 Å². The summed E-state index contributed by atoms with van der Waals surface area (Å²) in [7, 11) is 1.63. The Kier molecular flexibility index (Phi) is 5.91. The number of likely N-dealkylation sites (tertiary alicyclic amines) is 1. The second-order valence-electron chi connectivity index (χ2n) is 8.17. The number of primary amides is 1. The van der Waals surface area contributed by atoms with Crippen LogP contribution in [0.15, 0.2) is 30.5 Å². The highest BCUT2D eigenvalue weighted by atomic mass is 16.5. The highest BCUT2D eigenvalue weighted by Crippen LogP contribution is 2.41. The molecular weight excluding hydrogens is 396 g/mol. The van der Waals surface area contributed by atoms with Crippen LogP contribution in [0, 0.1) is 6.92 Å². The number of hydrogen-bond acceptors (Lipinski definition) is 6. The Morgan fingerprint density at radius 2 is 1.94 bits per heavy atom. The molecule has 31 heavy (non-hydrogen) atoms. The van der Waals surface area contributed by atoms with Crippen molar-refractivity contribution in [3.63, 3.8) is 0 Å². The molecule has 1 aromatic carbocycles. The number of carbonyl (C=O) groups excluding carboxylic acids is 2. The minimum absolute atomic E-state index is 0.0868. The van der Waals surface area contributed by atoms with Gasteiger partial charge in [0.2, 0.25) is 5.91 Å². The third-order valence-corrected chi connectivity index (χ3v) is 6.47. The molecule has 0 spiro atoms. The number of benzene rings is 1. The van der Waals surface area contributed by atoms with Gasteiger partial charge in [-0.05, 0) is 50.3 Å². The van der Waals surface area contributed by atoms with Gasteiger partial charge in [-0.25, -0.2) is 9.97 Å². The molecule has 4 rings (SSSR count). The van der Waals surface area contributed by atoms with E-state index in [-0.39, 0.29) is 11.9 Å². The van der Waals surface area contributed by atoms with Crippen molar-refractivity contribution < 1.29 is 19.1 Å². The molecule has 2 amide bonds. The lowest BCUT2D eigenvalue weighted by Gasteiger charge is -2.40. The van der Waals surface area contributed by atoms with Crippen molar-refractivity contribution in [2.45, 2.75) is 44.1 Å². The highest BCUT2D eigenvalue weighted by Gasteiger charge is 2.47. The largest absolute Gasteiger partial charge is 0.497 e. The zero-order chi connectivity index (χ0) is 22.0. The molecule has 2 aliphatic heterocycles. The molecule has 2 aromatic rings. The maximum atomic E-state index is 14.0. The van der Waals surface area contributed by atoms with Crippen LogP contribution in [0.25, 0.3) is 0 Å². The number of aryl methyl sites for hydroxylation is 1. The number of aromatic nitrogens is 2. The van der Waals surface area contributed by atoms with E-state index in [1.807, 2.05) is 29.2 Å². The number of carbonyl (C=O) groups is 2. The van der Waals surface area contributed by atoms with Crippen molar-refractivity contribution in [1.82, 2.24) is 14.9 Å². The molecule has 0 radical (unpaired) electrons. The number of amides is 2. The van der Waals surface area contributed by atoms with Crippen LogP contribution < -0.4 is 10.5 Å². The fourth-order valence-electron chi connectivity index (χ4n) is 4.70. The highest BCUT2D eigenvalue weighted by molar-refractivity contribution is 5.93. The second kappa shape index (κ2) is 8.63. The molecule has 1 atom stereocenters. The smallest absolute Gasteiger partial charge is 0.252 e. The molecular formula is C23H28N4O4. The van der Waals surface area contributed by atoms with Gasteiger partial charge in [-0.2, -0.15) is 0 Å². The fourth-order valence-corrected chi connectivity index (χ4v) is 4.70. The van der Waals surface area contributed by atoms with Crippen molar-refractivity contribution in [2.24, 2.45) is 5.73 Å².